The van der Waals surface area contributed by atoms with E-state index in [1.54, 1.807) is 0 Å². The van der Waals surface area contributed by atoms with Crippen LogP contribution in [0, 0.1) is 0 Å². The van der Waals surface area contributed by atoms with Crippen LogP contribution < -0.4 is 0 Å². The highest BCUT2D eigenvalue weighted by Gasteiger charge is 2.38. The molecule has 164 valence electrons. The minimum absolute atomic E-state index is 0.207. The average molecular weight is 411 g/mol. The quantitative estimate of drug-likeness (QED) is 0.193. The maximum atomic E-state index is 12.3. The van der Waals surface area contributed by atoms with Crippen molar-refractivity contribution < 1.29 is 28.9 Å². The van der Waals surface area contributed by atoms with Gasteiger partial charge in [-0.15, -0.1) is 0 Å². The Morgan fingerprint density at radius 3 is 1.56 bits per heavy atom. The molecule has 0 amide bonds. The molecule has 0 bridgehead atoms. The smallest absolute Gasteiger partial charge is 0.361 e. The van der Waals surface area contributed by atoms with Gasteiger partial charge in [-0.25, -0.2) is 0 Å². The molecule has 0 heterocycles. The van der Waals surface area contributed by atoms with Crippen molar-refractivity contribution in [1.29, 1.82) is 0 Å². The van der Waals surface area contributed by atoms with Crippen LogP contribution in [0.4, 0.5) is 0 Å². The number of unbranched alkanes of at least 4 members (excludes halogenated alkanes) is 13. The average Bonchev–Trinajstić information content (AvgIpc) is 2.69. The largest absolute Gasteiger partial charge is 0.394 e. The first-order valence-corrected chi connectivity index (χ1v) is 12.4. The van der Waals surface area contributed by atoms with Crippen LogP contribution in [0.5, 0.6) is 0 Å². The number of hydrogen-bond acceptors (Lipinski definition) is 6. The lowest BCUT2D eigenvalue weighted by atomic mass is 10.0. The Morgan fingerprint density at radius 1 is 0.778 bits per heavy atom. The van der Waals surface area contributed by atoms with E-state index in [0.717, 1.165) is 19.3 Å². The van der Waals surface area contributed by atoms with Crippen LogP contribution in [0.1, 0.15) is 96.8 Å². The molecule has 0 fully saturated rings. The van der Waals surface area contributed by atoms with Crippen LogP contribution in [0.25, 0.3) is 0 Å². The highest BCUT2D eigenvalue weighted by molar-refractivity contribution is 7.54. The highest BCUT2D eigenvalue weighted by atomic mass is 31.2. The summed E-state index contributed by atoms with van der Waals surface area (Å²) in [6.45, 7) is 1.76. The molecule has 27 heavy (non-hydrogen) atoms. The SMILES string of the molecule is CCCCCCCCCCCCCCCCOP(=O)(OC)C(O)[C@@H](O)CO. The number of hydrogen-bond donors (Lipinski definition) is 3. The Balaban J connectivity index is 3.50. The molecular formula is C20H43O6P. The first-order chi connectivity index (χ1) is 13.0. The lowest BCUT2D eigenvalue weighted by Gasteiger charge is -2.24. The van der Waals surface area contributed by atoms with E-state index in [1.807, 2.05) is 0 Å². The fourth-order valence-corrected chi connectivity index (χ4v) is 4.40. The summed E-state index contributed by atoms with van der Waals surface area (Å²) in [5.41, 5.74) is 0. The van der Waals surface area contributed by atoms with Gasteiger partial charge in [-0.05, 0) is 6.42 Å². The molecule has 0 aromatic rings. The van der Waals surface area contributed by atoms with Crippen LogP contribution in [-0.4, -0.2) is 47.6 Å². The van der Waals surface area contributed by atoms with Crippen molar-refractivity contribution in [3.05, 3.63) is 0 Å². The van der Waals surface area contributed by atoms with Gasteiger partial charge >= 0.3 is 7.60 Å². The van der Waals surface area contributed by atoms with Crippen LogP contribution in [0.15, 0.2) is 0 Å². The van der Waals surface area contributed by atoms with E-state index in [-0.39, 0.29) is 6.61 Å². The first kappa shape index (κ1) is 27.0. The van der Waals surface area contributed by atoms with Gasteiger partial charge in [0.25, 0.3) is 0 Å². The van der Waals surface area contributed by atoms with Gasteiger partial charge in [0.1, 0.15) is 6.10 Å². The zero-order chi connectivity index (χ0) is 20.4. The van der Waals surface area contributed by atoms with E-state index in [0.29, 0.717) is 0 Å². The lowest BCUT2D eigenvalue weighted by Crippen LogP contribution is -2.30. The first-order valence-electron chi connectivity index (χ1n) is 10.8. The van der Waals surface area contributed by atoms with Crippen molar-refractivity contribution in [1.82, 2.24) is 0 Å². The molecule has 3 atom stereocenters. The topological polar surface area (TPSA) is 96.2 Å². The van der Waals surface area contributed by atoms with Crippen molar-refractivity contribution in [3.8, 4) is 0 Å². The van der Waals surface area contributed by atoms with Crippen molar-refractivity contribution in [3.63, 3.8) is 0 Å². The van der Waals surface area contributed by atoms with E-state index in [2.05, 4.69) is 6.92 Å². The van der Waals surface area contributed by atoms with Gasteiger partial charge in [-0.3, -0.25) is 4.57 Å². The van der Waals surface area contributed by atoms with Gasteiger partial charge < -0.3 is 24.4 Å². The molecule has 6 nitrogen and oxygen atoms in total. The molecule has 3 N–H and O–H groups in total. The molecule has 0 aliphatic carbocycles. The molecule has 7 heteroatoms. The predicted octanol–water partition coefficient (Wildman–Crippen LogP) is 5.00. The Kier molecular flexibility index (Phi) is 18.1. The van der Waals surface area contributed by atoms with E-state index in [4.69, 9.17) is 14.2 Å². The Labute approximate surface area is 166 Å². The molecule has 0 saturated heterocycles. The summed E-state index contributed by atoms with van der Waals surface area (Å²) < 4.78 is 22.2. The second-order valence-corrected chi connectivity index (χ2v) is 9.55. The molecular weight excluding hydrogens is 367 g/mol. The Morgan fingerprint density at radius 2 is 1.19 bits per heavy atom. The second kappa shape index (κ2) is 18.1. The predicted molar refractivity (Wildman–Crippen MR) is 110 cm³/mol. The molecule has 0 aliphatic rings. The molecule has 0 spiro atoms. The summed E-state index contributed by atoms with van der Waals surface area (Å²) in [4.78, 5) is 0. The molecule has 0 radical (unpaired) electrons. The third kappa shape index (κ3) is 13.8. The molecule has 0 rings (SSSR count). The number of aliphatic hydroxyl groups excluding tert-OH is 3. The van der Waals surface area contributed by atoms with Gasteiger partial charge in [0, 0.05) is 7.11 Å². The normalized spacial score (nSPS) is 16.2. The van der Waals surface area contributed by atoms with Gasteiger partial charge in [0.2, 0.25) is 0 Å². The summed E-state index contributed by atoms with van der Waals surface area (Å²) in [6, 6.07) is 0. The fourth-order valence-electron chi connectivity index (χ4n) is 3.03. The third-order valence-corrected chi connectivity index (χ3v) is 6.92. The van der Waals surface area contributed by atoms with Gasteiger partial charge in [0.15, 0.2) is 5.85 Å². The summed E-state index contributed by atoms with van der Waals surface area (Å²) in [5.74, 6) is -1.72. The van der Waals surface area contributed by atoms with Gasteiger partial charge in [0.05, 0.1) is 13.2 Å². The minimum Gasteiger partial charge on any atom is -0.394 e. The Hall–Kier alpha value is 0.0300. The standard InChI is InChI=1S/C20H43O6P/c1-3-4-5-6-7-8-9-10-11-12-13-14-15-16-17-26-27(24,25-2)20(23)19(22)18-21/h19-23H,3-18H2,1-2H3/t19-,20?,27?/m0/s1. The van der Waals surface area contributed by atoms with Crippen molar-refractivity contribution in [2.75, 3.05) is 20.3 Å². The van der Waals surface area contributed by atoms with Gasteiger partial charge in [-0.2, -0.15) is 0 Å². The van der Waals surface area contributed by atoms with Gasteiger partial charge in [-0.1, -0.05) is 90.4 Å². The van der Waals surface area contributed by atoms with Crippen molar-refractivity contribution in [2.45, 2.75) is 109 Å². The Bertz CT molecular complexity index is 366. The van der Waals surface area contributed by atoms with E-state index in [1.165, 1.54) is 77.7 Å². The van der Waals surface area contributed by atoms with Crippen LogP contribution in [-0.2, 0) is 13.6 Å². The zero-order valence-electron chi connectivity index (χ0n) is 17.5. The van der Waals surface area contributed by atoms with Crippen LogP contribution in [0.3, 0.4) is 0 Å². The molecule has 0 aliphatic heterocycles. The van der Waals surface area contributed by atoms with Crippen molar-refractivity contribution in [2.24, 2.45) is 0 Å². The summed E-state index contributed by atoms with van der Waals surface area (Å²) >= 11 is 0. The van der Waals surface area contributed by atoms with Crippen molar-refractivity contribution >= 4 is 7.60 Å². The lowest BCUT2D eigenvalue weighted by molar-refractivity contribution is 0.00764. The second-order valence-electron chi connectivity index (χ2n) is 7.32. The fraction of sp³-hybridized carbons (Fsp3) is 1.00. The summed E-state index contributed by atoms with van der Waals surface area (Å²) in [5, 5.41) is 27.9. The number of rotatable bonds is 20. The molecule has 0 aromatic heterocycles. The van der Waals surface area contributed by atoms with E-state index in [9.17, 15) is 14.8 Å². The monoisotopic (exact) mass is 410 g/mol. The summed E-state index contributed by atoms with van der Waals surface area (Å²) in [7, 11) is -2.64. The van der Waals surface area contributed by atoms with E-state index >= 15 is 0 Å². The summed E-state index contributed by atoms with van der Waals surface area (Å²) in [6.07, 6.45) is 15.9. The highest BCUT2D eigenvalue weighted by Crippen LogP contribution is 2.52. The van der Waals surface area contributed by atoms with Crippen LogP contribution >= 0.6 is 7.60 Å². The maximum Gasteiger partial charge on any atom is 0.361 e. The zero-order valence-corrected chi connectivity index (χ0v) is 18.4. The number of aliphatic hydroxyl groups is 3. The maximum absolute atomic E-state index is 12.3. The minimum atomic E-state index is -3.80. The molecule has 0 saturated carbocycles. The molecule has 0 aromatic carbocycles. The third-order valence-electron chi connectivity index (χ3n) is 4.88. The van der Waals surface area contributed by atoms with Crippen LogP contribution in [0.2, 0.25) is 0 Å². The van der Waals surface area contributed by atoms with E-state index < -0.39 is 26.2 Å². The molecule has 2 unspecified atom stereocenters.